The molecule has 0 bridgehead atoms. The summed E-state index contributed by atoms with van der Waals surface area (Å²) < 4.78 is 26.0. The number of carbonyl (C=O) groups is 1. The molecule has 24 heavy (non-hydrogen) atoms. The van der Waals surface area contributed by atoms with Gasteiger partial charge in [-0.15, -0.1) is 0 Å². The van der Waals surface area contributed by atoms with Gasteiger partial charge in [-0.3, -0.25) is 0 Å². The van der Waals surface area contributed by atoms with Crippen LogP contribution in [-0.4, -0.2) is 23.8 Å². The van der Waals surface area contributed by atoms with Crippen molar-refractivity contribution in [3.05, 3.63) is 65.7 Å². The number of nitrogens with one attached hydrogen (secondary N) is 2. The van der Waals surface area contributed by atoms with Gasteiger partial charge in [-0.05, 0) is 31.0 Å². The fourth-order valence-electron chi connectivity index (χ4n) is 2.44. The standard InChI is InChI=1S/C18H20F2N2O2/c1-12(23)9-14(13-5-3-2-4-6-13)11-21-18(24)22-15-7-8-16(19)17(20)10-15/h2-8,10,12,14,23H,9,11H2,1H3,(H2,21,22,24). The third kappa shape index (κ3) is 5.31. The molecule has 2 aromatic rings. The van der Waals surface area contributed by atoms with Crippen LogP contribution in [0.15, 0.2) is 48.5 Å². The van der Waals surface area contributed by atoms with Crippen molar-refractivity contribution in [2.75, 3.05) is 11.9 Å². The van der Waals surface area contributed by atoms with Gasteiger partial charge in [0.15, 0.2) is 11.6 Å². The summed E-state index contributed by atoms with van der Waals surface area (Å²) >= 11 is 0. The smallest absolute Gasteiger partial charge is 0.319 e. The molecule has 0 aromatic heterocycles. The van der Waals surface area contributed by atoms with E-state index in [0.29, 0.717) is 13.0 Å². The number of anilines is 1. The van der Waals surface area contributed by atoms with Gasteiger partial charge in [0.25, 0.3) is 0 Å². The lowest BCUT2D eigenvalue weighted by Crippen LogP contribution is -2.33. The normalized spacial score (nSPS) is 13.2. The van der Waals surface area contributed by atoms with Crippen molar-refractivity contribution in [2.24, 2.45) is 0 Å². The van der Waals surface area contributed by atoms with E-state index in [0.717, 1.165) is 17.7 Å². The van der Waals surface area contributed by atoms with Crippen LogP contribution in [0.5, 0.6) is 0 Å². The summed E-state index contributed by atoms with van der Waals surface area (Å²) in [6.45, 7) is 2.00. The number of amides is 2. The molecule has 2 rings (SSSR count). The predicted octanol–water partition coefficient (Wildman–Crippen LogP) is 3.64. The van der Waals surface area contributed by atoms with E-state index in [2.05, 4.69) is 10.6 Å². The SMILES string of the molecule is CC(O)CC(CNC(=O)Nc1ccc(F)c(F)c1)c1ccccc1. The molecule has 2 unspecified atom stereocenters. The average molecular weight is 334 g/mol. The summed E-state index contributed by atoms with van der Waals surface area (Å²) in [4.78, 5) is 11.9. The molecule has 4 nitrogen and oxygen atoms in total. The molecule has 0 fully saturated rings. The number of hydrogen-bond donors (Lipinski definition) is 3. The molecule has 0 saturated heterocycles. The number of urea groups is 1. The third-order valence-corrected chi connectivity index (χ3v) is 3.58. The van der Waals surface area contributed by atoms with E-state index in [9.17, 15) is 18.7 Å². The highest BCUT2D eigenvalue weighted by Crippen LogP contribution is 2.20. The van der Waals surface area contributed by atoms with Gasteiger partial charge < -0.3 is 15.7 Å². The molecule has 0 aliphatic carbocycles. The number of benzene rings is 2. The van der Waals surface area contributed by atoms with Gasteiger partial charge in [0.05, 0.1) is 6.10 Å². The monoisotopic (exact) mass is 334 g/mol. The first-order valence-electron chi connectivity index (χ1n) is 7.68. The van der Waals surface area contributed by atoms with Crippen LogP contribution in [0, 0.1) is 11.6 Å². The van der Waals surface area contributed by atoms with Gasteiger partial charge in [0.1, 0.15) is 0 Å². The largest absolute Gasteiger partial charge is 0.393 e. The number of aliphatic hydroxyl groups excluding tert-OH is 1. The van der Waals surface area contributed by atoms with Crippen molar-refractivity contribution in [1.82, 2.24) is 5.32 Å². The molecule has 128 valence electrons. The van der Waals surface area contributed by atoms with E-state index in [-0.39, 0.29) is 11.6 Å². The van der Waals surface area contributed by atoms with Gasteiger partial charge in [-0.25, -0.2) is 13.6 Å². The summed E-state index contributed by atoms with van der Waals surface area (Å²) in [5.41, 5.74) is 1.17. The lowest BCUT2D eigenvalue weighted by atomic mass is 9.93. The molecule has 2 aromatic carbocycles. The van der Waals surface area contributed by atoms with Crippen LogP contribution >= 0.6 is 0 Å². The summed E-state index contributed by atoms with van der Waals surface area (Å²) in [7, 11) is 0. The maximum Gasteiger partial charge on any atom is 0.319 e. The van der Waals surface area contributed by atoms with Crippen LogP contribution in [-0.2, 0) is 0 Å². The van der Waals surface area contributed by atoms with Crippen LogP contribution in [0.4, 0.5) is 19.3 Å². The number of hydrogen-bond acceptors (Lipinski definition) is 2. The zero-order valence-corrected chi connectivity index (χ0v) is 13.3. The zero-order chi connectivity index (χ0) is 17.5. The molecule has 0 spiro atoms. The quantitative estimate of drug-likeness (QED) is 0.755. The van der Waals surface area contributed by atoms with Crippen LogP contribution < -0.4 is 10.6 Å². The second-order valence-corrected chi connectivity index (χ2v) is 5.66. The Morgan fingerprint density at radius 1 is 1.12 bits per heavy atom. The Bertz CT molecular complexity index is 678. The van der Waals surface area contributed by atoms with Crippen molar-refractivity contribution in [3.8, 4) is 0 Å². The van der Waals surface area contributed by atoms with Gasteiger partial charge in [0.2, 0.25) is 0 Å². The Morgan fingerprint density at radius 3 is 2.46 bits per heavy atom. The molecule has 2 amide bonds. The van der Waals surface area contributed by atoms with Crippen molar-refractivity contribution in [1.29, 1.82) is 0 Å². The highest BCUT2D eigenvalue weighted by molar-refractivity contribution is 5.89. The highest BCUT2D eigenvalue weighted by Gasteiger charge is 2.15. The van der Waals surface area contributed by atoms with Crippen molar-refractivity contribution in [2.45, 2.75) is 25.4 Å². The van der Waals surface area contributed by atoms with Gasteiger partial charge in [0, 0.05) is 24.2 Å². The minimum Gasteiger partial charge on any atom is -0.393 e. The number of aliphatic hydroxyl groups is 1. The second-order valence-electron chi connectivity index (χ2n) is 5.66. The van der Waals surface area contributed by atoms with E-state index >= 15 is 0 Å². The van der Waals surface area contributed by atoms with E-state index in [1.54, 1.807) is 6.92 Å². The Hall–Kier alpha value is -2.47. The zero-order valence-electron chi connectivity index (χ0n) is 13.3. The summed E-state index contributed by atoms with van der Waals surface area (Å²) in [6.07, 6.45) is -0.0126. The minimum absolute atomic E-state index is 0.0538. The molecule has 0 radical (unpaired) electrons. The molecule has 0 saturated carbocycles. The Kier molecular flexibility index (Phi) is 6.26. The lowest BCUT2D eigenvalue weighted by molar-refractivity contribution is 0.173. The fraction of sp³-hybridized carbons (Fsp3) is 0.278. The number of rotatable bonds is 6. The average Bonchev–Trinajstić information content (AvgIpc) is 2.55. The first-order valence-corrected chi connectivity index (χ1v) is 7.68. The van der Waals surface area contributed by atoms with E-state index < -0.39 is 23.8 Å². The lowest BCUT2D eigenvalue weighted by Gasteiger charge is -2.20. The van der Waals surface area contributed by atoms with Crippen molar-refractivity contribution in [3.63, 3.8) is 0 Å². The first-order chi connectivity index (χ1) is 11.5. The van der Waals surface area contributed by atoms with Crippen LogP contribution in [0.25, 0.3) is 0 Å². The van der Waals surface area contributed by atoms with Crippen LogP contribution in [0.2, 0.25) is 0 Å². The molecular formula is C18H20F2N2O2. The molecule has 0 aliphatic heterocycles. The number of halogens is 2. The maximum atomic E-state index is 13.1. The highest BCUT2D eigenvalue weighted by atomic mass is 19.2. The van der Waals surface area contributed by atoms with Gasteiger partial charge in [-0.1, -0.05) is 30.3 Å². The molecule has 2 atom stereocenters. The van der Waals surface area contributed by atoms with E-state index in [1.165, 1.54) is 6.07 Å². The minimum atomic E-state index is -1.02. The summed E-state index contributed by atoms with van der Waals surface area (Å²) in [5.74, 6) is -2.05. The molecule has 0 heterocycles. The third-order valence-electron chi connectivity index (χ3n) is 3.58. The molecule has 3 N–H and O–H groups in total. The van der Waals surface area contributed by atoms with Crippen LogP contribution in [0.1, 0.15) is 24.8 Å². The predicted molar refractivity (Wildman–Crippen MR) is 88.9 cm³/mol. The maximum absolute atomic E-state index is 13.1. The topological polar surface area (TPSA) is 61.4 Å². The summed E-state index contributed by atoms with van der Waals surface area (Å²) in [6, 6.07) is 12.2. The first kappa shape index (κ1) is 17.9. The summed E-state index contributed by atoms with van der Waals surface area (Å²) in [5, 5.41) is 14.8. The van der Waals surface area contributed by atoms with Crippen molar-refractivity contribution < 1.29 is 18.7 Å². The van der Waals surface area contributed by atoms with Gasteiger partial charge in [-0.2, -0.15) is 0 Å². The fourth-order valence-corrected chi connectivity index (χ4v) is 2.44. The van der Waals surface area contributed by atoms with Gasteiger partial charge >= 0.3 is 6.03 Å². The molecule has 0 aliphatic rings. The molecular weight excluding hydrogens is 314 g/mol. The second kappa shape index (κ2) is 8.40. The van der Waals surface area contributed by atoms with E-state index in [1.807, 2.05) is 30.3 Å². The Labute approximate surface area is 139 Å². The van der Waals surface area contributed by atoms with Crippen molar-refractivity contribution >= 4 is 11.7 Å². The van der Waals surface area contributed by atoms with E-state index in [4.69, 9.17) is 0 Å². The van der Waals surface area contributed by atoms with Crippen LogP contribution in [0.3, 0.4) is 0 Å². The Morgan fingerprint density at radius 2 is 1.83 bits per heavy atom. The molecule has 6 heteroatoms. The number of carbonyl (C=O) groups excluding carboxylic acids is 1. The Balaban J connectivity index is 1.95.